The molecular formula is C15H24O3. The Morgan fingerprint density at radius 1 is 1.33 bits per heavy atom. The van der Waals surface area contributed by atoms with Gasteiger partial charge in [-0.1, -0.05) is 26.8 Å². The summed E-state index contributed by atoms with van der Waals surface area (Å²) in [5.41, 5.74) is 0.717. The summed E-state index contributed by atoms with van der Waals surface area (Å²) >= 11 is 0. The first-order chi connectivity index (χ1) is 8.21. The number of allylic oxidation sites excluding steroid dienone is 2. The second-order valence-electron chi connectivity index (χ2n) is 5.91. The highest BCUT2D eigenvalue weighted by molar-refractivity contribution is 5.93. The van der Waals surface area contributed by atoms with Crippen LogP contribution in [-0.4, -0.2) is 17.9 Å². The maximum Gasteiger partial charge on any atom is 0.310 e. The van der Waals surface area contributed by atoms with Crippen molar-refractivity contribution in [3.05, 3.63) is 11.6 Å². The second kappa shape index (κ2) is 5.25. The number of ether oxygens (including phenoxy) is 1. The van der Waals surface area contributed by atoms with E-state index >= 15 is 0 Å². The largest absolute Gasteiger partial charge is 0.463 e. The van der Waals surface area contributed by atoms with Gasteiger partial charge in [-0.2, -0.15) is 0 Å². The van der Waals surface area contributed by atoms with Gasteiger partial charge < -0.3 is 4.74 Å². The van der Waals surface area contributed by atoms with Crippen LogP contribution in [0, 0.1) is 17.3 Å². The molecule has 0 bridgehead atoms. The van der Waals surface area contributed by atoms with E-state index in [1.54, 1.807) is 6.92 Å². The fraction of sp³-hybridized carbons (Fsp3) is 0.733. The molecule has 3 nitrogen and oxygen atoms in total. The number of rotatable bonds is 5. The van der Waals surface area contributed by atoms with Crippen LogP contribution < -0.4 is 0 Å². The quantitative estimate of drug-likeness (QED) is 0.557. The summed E-state index contributed by atoms with van der Waals surface area (Å²) in [4.78, 5) is 23.4. The lowest BCUT2D eigenvalue weighted by atomic mass is 10.0. The molecule has 2 unspecified atom stereocenters. The molecule has 0 spiro atoms. The molecule has 2 atom stereocenters. The van der Waals surface area contributed by atoms with Crippen molar-refractivity contribution in [2.24, 2.45) is 17.3 Å². The van der Waals surface area contributed by atoms with Gasteiger partial charge in [0.15, 0.2) is 5.78 Å². The fourth-order valence-electron chi connectivity index (χ4n) is 2.45. The van der Waals surface area contributed by atoms with E-state index in [1.165, 1.54) is 0 Å². The highest BCUT2D eigenvalue weighted by atomic mass is 16.5. The van der Waals surface area contributed by atoms with E-state index in [1.807, 2.05) is 40.7 Å². The highest BCUT2D eigenvalue weighted by Crippen LogP contribution is 2.60. The summed E-state index contributed by atoms with van der Waals surface area (Å²) in [6.07, 6.45) is 2.60. The maximum atomic E-state index is 11.9. The van der Waals surface area contributed by atoms with Gasteiger partial charge in [0.2, 0.25) is 0 Å². The van der Waals surface area contributed by atoms with Crippen molar-refractivity contribution in [1.82, 2.24) is 0 Å². The third-order valence-corrected chi connectivity index (χ3v) is 3.73. The van der Waals surface area contributed by atoms with Gasteiger partial charge in [0.25, 0.3) is 0 Å². The first-order valence-corrected chi connectivity index (χ1v) is 6.63. The normalized spacial score (nSPS) is 26.1. The van der Waals surface area contributed by atoms with E-state index in [9.17, 15) is 9.59 Å². The number of hydrogen-bond acceptors (Lipinski definition) is 3. The van der Waals surface area contributed by atoms with E-state index in [2.05, 4.69) is 0 Å². The Labute approximate surface area is 110 Å². The van der Waals surface area contributed by atoms with E-state index in [-0.39, 0.29) is 35.1 Å². The van der Waals surface area contributed by atoms with E-state index < -0.39 is 0 Å². The monoisotopic (exact) mass is 252 g/mol. The highest BCUT2D eigenvalue weighted by Gasteiger charge is 2.61. The average Bonchev–Trinajstić information content (AvgIpc) is 2.75. The van der Waals surface area contributed by atoms with Crippen LogP contribution in [0.5, 0.6) is 0 Å². The summed E-state index contributed by atoms with van der Waals surface area (Å²) in [5, 5.41) is 0. The summed E-state index contributed by atoms with van der Waals surface area (Å²) in [5.74, 6) is -0.0326. The SMILES string of the molecule is CCC(=CC1C(C(=O)OC(C)C)C1(C)C)C(C)=O. The number of Topliss-reactive ketones (excluding diaryl/α,β-unsaturated/α-hetero) is 1. The average molecular weight is 252 g/mol. The van der Waals surface area contributed by atoms with Gasteiger partial charge in [0.05, 0.1) is 12.0 Å². The van der Waals surface area contributed by atoms with Gasteiger partial charge >= 0.3 is 5.97 Å². The van der Waals surface area contributed by atoms with Crippen LogP contribution in [-0.2, 0) is 14.3 Å². The Balaban J connectivity index is 2.81. The minimum absolute atomic E-state index is 0.0861. The van der Waals surface area contributed by atoms with Gasteiger partial charge in [0.1, 0.15) is 0 Å². The minimum atomic E-state index is -0.143. The Hall–Kier alpha value is -1.12. The maximum absolute atomic E-state index is 11.9. The molecule has 0 saturated heterocycles. The Morgan fingerprint density at radius 2 is 1.89 bits per heavy atom. The minimum Gasteiger partial charge on any atom is -0.463 e. The predicted octanol–water partition coefficient (Wildman–Crippen LogP) is 3.14. The topological polar surface area (TPSA) is 43.4 Å². The fourth-order valence-corrected chi connectivity index (χ4v) is 2.45. The van der Waals surface area contributed by atoms with Crippen molar-refractivity contribution in [2.75, 3.05) is 0 Å². The van der Waals surface area contributed by atoms with Crippen LogP contribution in [0.3, 0.4) is 0 Å². The third kappa shape index (κ3) is 3.01. The molecule has 1 fully saturated rings. The standard InChI is InChI=1S/C15H24O3/c1-7-11(10(4)16)8-12-13(15(12,5)6)14(17)18-9(2)3/h8-9,12-13H,7H2,1-6H3. The van der Waals surface area contributed by atoms with Gasteiger partial charge in [-0.3, -0.25) is 9.59 Å². The van der Waals surface area contributed by atoms with Gasteiger partial charge in [0, 0.05) is 0 Å². The molecule has 1 aliphatic carbocycles. The zero-order chi connectivity index (χ0) is 14.1. The van der Waals surface area contributed by atoms with Crippen LogP contribution >= 0.6 is 0 Å². The molecular weight excluding hydrogens is 228 g/mol. The molecule has 0 radical (unpaired) electrons. The Morgan fingerprint density at radius 3 is 2.28 bits per heavy atom. The van der Waals surface area contributed by atoms with Crippen molar-refractivity contribution in [3.63, 3.8) is 0 Å². The van der Waals surface area contributed by atoms with Crippen molar-refractivity contribution in [1.29, 1.82) is 0 Å². The lowest BCUT2D eigenvalue weighted by Gasteiger charge is -2.08. The van der Waals surface area contributed by atoms with Crippen LogP contribution in [0.25, 0.3) is 0 Å². The van der Waals surface area contributed by atoms with Crippen molar-refractivity contribution >= 4 is 11.8 Å². The van der Waals surface area contributed by atoms with E-state index in [4.69, 9.17) is 4.74 Å². The third-order valence-electron chi connectivity index (χ3n) is 3.73. The Bertz CT molecular complexity index is 377. The molecule has 0 amide bonds. The molecule has 0 aromatic heterocycles. The smallest absolute Gasteiger partial charge is 0.310 e. The zero-order valence-corrected chi connectivity index (χ0v) is 12.2. The molecule has 0 N–H and O–H groups in total. The summed E-state index contributed by atoms with van der Waals surface area (Å²) < 4.78 is 5.26. The van der Waals surface area contributed by atoms with Crippen LogP contribution in [0.15, 0.2) is 11.6 Å². The van der Waals surface area contributed by atoms with Gasteiger partial charge in [-0.05, 0) is 44.1 Å². The second-order valence-corrected chi connectivity index (χ2v) is 5.91. The van der Waals surface area contributed by atoms with Gasteiger partial charge in [-0.25, -0.2) is 0 Å². The van der Waals surface area contributed by atoms with E-state index in [0.717, 1.165) is 5.57 Å². The number of esters is 1. The number of carbonyl (C=O) groups is 2. The molecule has 0 heterocycles. The van der Waals surface area contributed by atoms with Crippen molar-refractivity contribution in [2.45, 2.75) is 54.1 Å². The molecule has 3 heteroatoms. The van der Waals surface area contributed by atoms with Crippen LogP contribution in [0.2, 0.25) is 0 Å². The van der Waals surface area contributed by atoms with Crippen molar-refractivity contribution < 1.29 is 14.3 Å². The van der Waals surface area contributed by atoms with Crippen molar-refractivity contribution in [3.8, 4) is 0 Å². The molecule has 1 saturated carbocycles. The summed E-state index contributed by atoms with van der Waals surface area (Å²) in [6, 6.07) is 0. The number of carbonyl (C=O) groups excluding carboxylic acids is 2. The summed E-state index contributed by atoms with van der Waals surface area (Å²) in [7, 11) is 0. The first-order valence-electron chi connectivity index (χ1n) is 6.63. The summed E-state index contributed by atoms with van der Waals surface area (Å²) in [6.45, 7) is 11.3. The molecule has 0 aliphatic heterocycles. The molecule has 1 rings (SSSR count). The lowest BCUT2D eigenvalue weighted by molar-refractivity contribution is -0.150. The molecule has 0 aromatic rings. The van der Waals surface area contributed by atoms with Gasteiger partial charge in [-0.15, -0.1) is 0 Å². The predicted molar refractivity (Wildman–Crippen MR) is 71.0 cm³/mol. The lowest BCUT2D eigenvalue weighted by Crippen LogP contribution is -2.15. The first kappa shape index (κ1) is 14.9. The zero-order valence-electron chi connectivity index (χ0n) is 12.2. The van der Waals surface area contributed by atoms with Crippen LogP contribution in [0.1, 0.15) is 48.0 Å². The molecule has 1 aliphatic rings. The molecule has 0 aromatic carbocycles. The van der Waals surface area contributed by atoms with Crippen LogP contribution in [0.4, 0.5) is 0 Å². The molecule has 18 heavy (non-hydrogen) atoms. The van der Waals surface area contributed by atoms with E-state index in [0.29, 0.717) is 6.42 Å². The molecule has 102 valence electrons. The number of ketones is 1. The number of hydrogen-bond donors (Lipinski definition) is 0. The Kier molecular flexibility index (Phi) is 4.36.